The standard InChI is InChI=1S/C13H17NO/c1-10-3-2-4-11-9-13(14-12(10)11)5-7-15-8-6-13/h2-4,14H,5-9H2,1H3. The summed E-state index contributed by atoms with van der Waals surface area (Å²) in [4.78, 5) is 0. The van der Waals surface area contributed by atoms with Crippen LogP contribution in [-0.4, -0.2) is 18.8 Å². The average Bonchev–Trinajstić information content (AvgIpc) is 2.59. The molecule has 80 valence electrons. The first-order valence-electron chi connectivity index (χ1n) is 5.74. The molecule has 2 aliphatic heterocycles. The first-order valence-corrected chi connectivity index (χ1v) is 5.74. The molecule has 2 heterocycles. The molecular formula is C13H17NO. The Morgan fingerprint density at radius 1 is 1.27 bits per heavy atom. The fraction of sp³-hybridized carbons (Fsp3) is 0.538. The number of anilines is 1. The van der Waals surface area contributed by atoms with Crippen molar-refractivity contribution in [2.45, 2.75) is 31.7 Å². The molecule has 0 saturated carbocycles. The minimum Gasteiger partial charge on any atom is -0.381 e. The maximum atomic E-state index is 5.45. The van der Waals surface area contributed by atoms with Crippen LogP contribution in [0.25, 0.3) is 0 Å². The smallest absolute Gasteiger partial charge is 0.0488 e. The van der Waals surface area contributed by atoms with Gasteiger partial charge in [0.25, 0.3) is 0 Å². The van der Waals surface area contributed by atoms with Gasteiger partial charge in [-0.2, -0.15) is 0 Å². The van der Waals surface area contributed by atoms with Gasteiger partial charge in [-0.05, 0) is 37.3 Å². The lowest BCUT2D eigenvalue weighted by molar-refractivity contribution is 0.0624. The normalized spacial score (nSPS) is 22.5. The number of rotatable bonds is 0. The van der Waals surface area contributed by atoms with Crippen molar-refractivity contribution >= 4 is 5.69 Å². The van der Waals surface area contributed by atoms with Crippen molar-refractivity contribution in [2.24, 2.45) is 0 Å². The van der Waals surface area contributed by atoms with Crippen molar-refractivity contribution < 1.29 is 4.74 Å². The Hall–Kier alpha value is -1.02. The molecule has 1 N–H and O–H groups in total. The van der Waals surface area contributed by atoms with Crippen molar-refractivity contribution in [3.05, 3.63) is 29.3 Å². The minimum absolute atomic E-state index is 0.298. The van der Waals surface area contributed by atoms with Crippen LogP contribution >= 0.6 is 0 Å². The van der Waals surface area contributed by atoms with E-state index < -0.39 is 0 Å². The lowest BCUT2D eigenvalue weighted by Crippen LogP contribution is -2.42. The Kier molecular flexibility index (Phi) is 1.99. The van der Waals surface area contributed by atoms with Gasteiger partial charge in [0.05, 0.1) is 0 Å². The van der Waals surface area contributed by atoms with Crippen molar-refractivity contribution in [3.63, 3.8) is 0 Å². The highest BCUT2D eigenvalue weighted by atomic mass is 16.5. The Morgan fingerprint density at radius 3 is 2.80 bits per heavy atom. The number of hydrogen-bond donors (Lipinski definition) is 1. The van der Waals surface area contributed by atoms with Gasteiger partial charge in [-0.1, -0.05) is 18.2 Å². The topological polar surface area (TPSA) is 21.3 Å². The third-order valence-electron chi connectivity index (χ3n) is 3.73. The molecule has 1 fully saturated rings. The molecule has 3 rings (SSSR count). The summed E-state index contributed by atoms with van der Waals surface area (Å²) in [6.45, 7) is 3.99. The molecule has 0 bridgehead atoms. The summed E-state index contributed by atoms with van der Waals surface area (Å²) in [6.07, 6.45) is 3.45. The molecule has 0 atom stereocenters. The molecule has 0 amide bonds. The molecule has 2 heteroatoms. The van der Waals surface area contributed by atoms with Gasteiger partial charge in [-0.3, -0.25) is 0 Å². The van der Waals surface area contributed by atoms with E-state index in [-0.39, 0.29) is 0 Å². The van der Waals surface area contributed by atoms with Crippen LogP contribution in [0.3, 0.4) is 0 Å². The van der Waals surface area contributed by atoms with Crippen LogP contribution in [0, 0.1) is 6.92 Å². The van der Waals surface area contributed by atoms with Crippen molar-refractivity contribution in [1.82, 2.24) is 0 Å². The summed E-state index contributed by atoms with van der Waals surface area (Å²) >= 11 is 0. The first-order chi connectivity index (χ1) is 7.29. The van der Waals surface area contributed by atoms with E-state index in [0.29, 0.717) is 5.54 Å². The molecule has 2 aliphatic rings. The van der Waals surface area contributed by atoms with Gasteiger partial charge < -0.3 is 10.1 Å². The zero-order valence-corrected chi connectivity index (χ0v) is 9.18. The van der Waals surface area contributed by atoms with E-state index in [9.17, 15) is 0 Å². The van der Waals surface area contributed by atoms with Gasteiger partial charge in [0.2, 0.25) is 0 Å². The molecule has 1 saturated heterocycles. The Labute approximate surface area is 90.6 Å². The maximum absolute atomic E-state index is 5.45. The second-order valence-electron chi connectivity index (χ2n) is 4.80. The number of nitrogens with one attached hydrogen (secondary N) is 1. The molecule has 0 aromatic heterocycles. The van der Waals surface area contributed by atoms with Crippen LogP contribution in [0.2, 0.25) is 0 Å². The lowest BCUT2D eigenvalue weighted by Gasteiger charge is -2.34. The molecule has 1 aromatic carbocycles. The first kappa shape index (κ1) is 9.22. The third-order valence-corrected chi connectivity index (χ3v) is 3.73. The number of para-hydroxylation sites is 1. The van der Waals surface area contributed by atoms with Gasteiger partial charge in [-0.25, -0.2) is 0 Å². The largest absolute Gasteiger partial charge is 0.381 e. The number of aryl methyl sites for hydroxylation is 1. The quantitative estimate of drug-likeness (QED) is 0.699. The van der Waals surface area contributed by atoms with E-state index in [2.05, 4.69) is 30.4 Å². The van der Waals surface area contributed by atoms with E-state index >= 15 is 0 Å². The average molecular weight is 203 g/mol. The van der Waals surface area contributed by atoms with E-state index in [1.54, 1.807) is 0 Å². The zero-order valence-electron chi connectivity index (χ0n) is 9.18. The summed E-state index contributed by atoms with van der Waals surface area (Å²) in [5.74, 6) is 0. The molecule has 2 nitrogen and oxygen atoms in total. The van der Waals surface area contributed by atoms with Gasteiger partial charge in [0.15, 0.2) is 0 Å². The predicted molar refractivity (Wildman–Crippen MR) is 61.3 cm³/mol. The SMILES string of the molecule is Cc1cccc2c1NC1(CCOCC1)C2. The van der Waals surface area contributed by atoms with Gasteiger partial charge >= 0.3 is 0 Å². The zero-order chi connectivity index (χ0) is 10.3. The lowest BCUT2D eigenvalue weighted by atomic mass is 9.87. The summed E-state index contributed by atoms with van der Waals surface area (Å²) < 4.78 is 5.45. The van der Waals surface area contributed by atoms with Crippen LogP contribution in [-0.2, 0) is 11.2 Å². The molecular weight excluding hydrogens is 186 g/mol. The van der Waals surface area contributed by atoms with Crippen LogP contribution in [0.15, 0.2) is 18.2 Å². The number of fused-ring (bicyclic) bond motifs is 1. The molecule has 1 spiro atoms. The van der Waals surface area contributed by atoms with Crippen LogP contribution in [0.1, 0.15) is 24.0 Å². The Morgan fingerprint density at radius 2 is 2.07 bits per heavy atom. The molecule has 0 radical (unpaired) electrons. The van der Waals surface area contributed by atoms with Crippen molar-refractivity contribution in [2.75, 3.05) is 18.5 Å². The fourth-order valence-corrected chi connectivity index (χ4v) is 2.79. The predicted octanol–water partition coefficient (Wildman–Crippen LogP) is 2.51. The summed E-state index contributed by atoms with van der Waals surface area (Å²) in [5, 5.41) is 3.74. The maximum Gasteiger partial charge on any atom is 0.0488 e. The molecule has 15 heavy (non-hydrogen) atoms. The molecule has 0 unspecified atom stereocenters. The Bertz CT molecular complexity index is 380. The highest BCUT2D eigenvalue weighted by Crippen LogP contribution is 2.39. The third kappa shape index (κ3) is 1.44. The summed E-state index contributed by atoms with van der Waals surface area (Å²) in [5.41, 5.74) is 4.53. The van der Waals surface area contributed by atoms with Gasteiger partial charge in [0.1, 0.15) is 0 Å². The van der Waals surface area contributed by atoms with Gasteiger partial charge in [0, 0.05) is 24.4 Å². The second-order valence-corrected chi connectivity index (χ2v) is 4.80. The summed E-state index contributed by atoms with van der Waals surface area (Å²) in [6, 6.07) is 6.60. The number of hydrogen-bond acceptors (Lipinski definition) is 2. The van der Waals surface area contributed by atoms with E-state index in [4.69, 9.17) is 4.74 Å². The highest BCUT2D eigenvalue weighted by Gasteiger charge is 2.38. The molecule has 1 aromatic rings. The summed E-state index contributed by atoms with van der Waals surface area (Å²) in [7, 11) is 0. The van der Waals surface area contributed by atoms with E-state index in [0.717, 1.165) is 26.1 Å². The van der Waals surface area contributed by atoms with E-state index in [1.807, 2.05) is 0 Å². The minimum atomic E-state index is 0.298. The van der Waals surface area contributed by atoms with Crippen LogP contribution < -0.4 is 5.32 Å². The fourth-order valence-electron chi connectivity index (χ4n) is 2.79. The highest BCUT2D eigenvalue weighted by molar-refractivity contribution is 5.63. The van der Waals surface area contributed by atoms with Crippen molar-refractivity contribution in [1.29, 1.82) is 0 Å². The van der Waals surface area contributed by atoms with Crippen molar-refractivity contribution in [3.8, 4) is 0 Å². The number of benzene rings is 1. The molecule has 0 aliphatic carbocycles. The monoisotopic (exact) mass is 203 g/mol. The second kappa shape index (κ2) is 3.24. The number of ether oxygens (including phenoxy) is 1. The van der Waals surface area contributed by atoms with Crippen LogP contribution in [0.5, 0.6) is 0 Å². The van der Waals surface area contributed by atoms with Crippen LogP contribution in [0.4, 0.5) is 5.69 Å². The Balaban J connectivity index is 1.94. The van der Waals surface area contributed by atoms with Gasteiger partial charge in [-0.15, -0.1) is 0 Å². The van der Waals surface area contributed by atoms with E-state index in [1.165, 1.54) is 23.2 Å².